The molecule has 0 atom stereocenters. The Morgan fingerprint density at radius 3 is 1.73 bits per heavy atom. The molecule has 0 aliphatic heterocycles. The number of hydrogen-bond acceptors (Lipinski definition) is 3. The van der Waals surface area contributed by atoms with Gasteiger partial charge in [-0.25, -0.2) is 15.0 Å². The number of pyridine rings is 1. The van der Waals surface area contributed by atoms with Crippen molar-refractivity contribution in [3.8, 4) is 73.1 Å². The summed E-state index contributed by atoms with van der Waals surface area (Å²) in [5.41, 5.74) is 18.8. The Kier molecular flexibility index (Phi) is 8.16. The summed E-state index contributed by atoms with van der Waals surface area (Å²) in [6, 6.07) is 73.4. The van der Waals surface area contributed by atoms with E-state index in [1.54, 1.807) is 0 Å². The summed E-state index contributed by atoms with van der Waals surface area (Å²) in [5.74, 6) is 0.700. The average molecular weight is 793 g/mol. The molecule has 4 nitrogen and oxygen atoms in total. The number of fused-ring (bicyclic) bond motifs is 8. The van der Waals surface area contributed by atoms with Gasteiger partial charge in [-0.1, -0.05) is 184 Å². The van der Waals surface area contributed by atoms with Crippen LogP contribution in [-0.4, -0.2) is 19.5 Å². The maximum absolute atomic E-state index is 5.36. The minimum absolute atomic E-state index is 0.103. The third kappa shape index (κ3) is 5.72. The molecule has 0 N–H and O–H groups in total. The molecular formula is C58H40N4. The minimum atomic E-state index is -0.103. The number of aromatic nitrogens is 4. The zero-order valence-corrected chi connectivity index (χ0v) is 34.4. The van der Waals surface area contributed by atoms with E-state index in [1.165, 1.54) is 33.0 Å². The molecule has 0 saturated heterocycles. The van der Waals surface area contributed by atoms with E-state index in [-0.39, 0.29) is 5.41 Å². The van der Waals surface area contributed by atoms with E-state index in [0.29, 0.717) is 5.82 Å². The Hall–Kier alpha value is -7.95. The van der Waals surface area contributed by atoms with Gasteiger partial charge in [0.2, 0.25) is 0 Å². The molecule has 292 valence electrons. The van der Waals surface area contributed by atoms with Crippen molar-refractivity contribution >= 4 is 32.7 Å². The third-order valence-corrected chi connectivity index (χ3v) is 12.8. The van der Waals surface area contributed by atoms with Gasteiger partial charge in [0.25, 0.3) is 0 Å². The predicted molar refractivity (Wildman–Crippen MR) is 256 cm³/mol. The van der Waals surface area contributed by atoms with Crippen LogP contribution in [0.5, 0.6) is 0 Å². The second-order valence-corrected chi connectivity index (χ2v) is 16.8. The predicted octanol–water partition coefficient (Wildman–Crippen LogP) is 14.8. The molecule has 0 spiro atoms. The highest BCUT2D eigenvalue weighted by molar-refractivity contribution is 6.23. The lowest BCUT2D eigenvalue weighted by atomic mass is 9.82. The summed E-state index contributed by atoms with van der Waals surface area (Å²) in [4.78, 5) is 15.8. The first-order valence-electron chi connectivity index (χ1n) is 21.3. The first-order valence-corrected chi connectivity index (χ1v) is 21.3. The number of benzene rings is 8. The molecule has 3 aromatic heterocycles. The van der Waals surface area contributed by atoms with E-state index in [4.69, 9.17) is 15.0 Å². The molecule has 0 bridgehead atoms. The maximum atomic E-state index is 5.36. The summed E-state index contributed by atoms with van der Waals surface area (Å²) in [5, 5.41) is 3.59. The largest absolute Gasteiger partial charge is 0.307 e. The summed E-state index contributed by atoms with van der Waals surface area (Å²) >= 11 is 0. The molecule has 12 rings (SSSR count). The van der Waals surface area contributed by atoms with E-state index in [9.17, 15) is 0 Å². The highest BCUT2D eigenvalue weighted by Gasteiger charge is 2.35. The molecule has 0 radical (unpaired) electrons. The van der Waals surface area contributed by atoms with Crippen molar-refractivity contribution < 1.29 is 0 Å². The van der Waals surface area contributed by atoms with Crippen LogP contribution in [-0.2, 0) is 5.41 Å². The van der Waals surface area contributed by atoms with E-state index >= 15 is 0 Å². The minimum Gasteiger partial charge on any atom is -0.307 e. The Labute approximate surface area is 360 Å². The molecular weight excluding hydrogens is 753 g/mol. The lowest BCUT2D eigenvalue weighted by Crippen LogP contribution is -2.14. The van der Waals surface area contributed by atoms with Crippen LogP contribution in [0.25, 0.3) is 106 Å². The molecule has 3 heterocycles. The number of nitrogens with zero attached hydrogens (tertiary/aromatic N) is 4. The van der Waals surface area contributed by atoms with Crippen molar-refractivity contribution in [1.29, 1.82) is 0 Å². The van der Waals surface area contributed by atoms with Gasteiger partial charge in [-0.15, -0.1) is 0 Å². The molecule has 8 aromatic carbocycles. The molecule has 0 amide bonds. The lowest BCUT2D eigenvalue weighted by molar-refractivity contribution is 0.660. The van der Waals surface area contributed by atoms with Crippen LogP contribution in [0.2, 0.25) is 0 Å². The number of para-hydroxylation sites is 3. The highest BCUT2D eigenvalue weighted by Crippen LogP contribution is 2.49. The van der Waals surface area contributed by atoms with Gasteiger partial charge in [-0.3, -0.25) is 0 Å². The van der Waals surface area contributed by atoms with Gasteiger partial charge >= 0.3 is 0 Å². The first-order chi connectivity index (χ1) is 30.5. The Morgan fingerprint density at radius 2 is 0.968 bits per heavy atom. The van der Waals surface area contributed by atoms with E-state index in [1.807, 2.05) is 6.07 Å². The second-order valence-electron chi connectivity index (χ2n) is 16.8. The van der Waals surface area contributed by atoms with E-state index < -0.39 is 0 Å². The van der Waals surface area contributed by atoms with Crippen molar-refractivity contribution in [2.24, 2.45) is 0 Å². The van der Waals surface area contributed by atoms with Crippen LogP contribution in [0.15, 0.2) is 206 Å². The third-order valence-electron chi connectivity index (χ3n) is 12.8. The van der Waals surface area contributed by atoms with Crippen LogP contribution in [0.1, 0.15) is 25.0 Å². The van der Waals surface area contributed by atoms with Gasteiger partial charge in [0.05, 0.1) is 33.6 Å². The zero-order valence-electron chi connectivity index (χ0n) is 34.4. The first kappa shape index (κ1) is 35.9. The van der Waals surface area contributed by atoms with Gasteiger partial charge in [0.1, 0.15) is 0 Å². The maximum Gasteiger partial charge on any atom is 0.160 e. The average Bonchev–Trinajstić information content (AvgIpc) is 3.81. The molecule has 0 saturated carbocycles. The Morgan fingerprint density at radius 1 is 0.403 bits per heavy atom. The quantitative estimate of drug-likeness (QED) is 0.168. The van der Waals surface area contributed by atoms with E-state index in [0.717, 1.165) is 78.1 Å². The fourth-order valence-electron chi connectivity index (χ4n) is 9.72. The van der Waals surface area contributed by atoms with Crippen molar-refractivity contribution in [3.63, 3.8) is 0 Å². The second kappa shape index (κ2) is 14.1. The smallest absolute Gasteiger partial charge is 0.160 e. The fraction of sp³-hybridized carbons (Fsp3) is 0.0517. The van der Waals surface area contributed by atoms with Crippen molar-refractivity contribution in [1.82, 2.24) is 19.5 Å². The fourth-order valence-corrected chi connectivity index (χ4v) is 9.72. The summed E-state index contributed by atoms with van der Waals surface area (Å²) in [6.07, 6.45) is 0. The van der Waals surface area contributed by atoms with Gasteiger partial charge in [0.15, 0.2) is 5.82 Å². The van der Waals surface area contributed by atoms with Crippen LogP contribution in [0, 0.1) is 0 Å². The molecule has 1 aliphatic rings. The van der Waals surface area contributed by atoms with Crippen molar-refractivity contribution in [3.05, 3.63) is 217 Å². The van der Waals surface area contributed by atoms with Crippen LogP contribution in [0.4, 0.5) is 0 Å². The van der Waals surface area contributed by atoms with Gasteiger partial charge in [0, 0.05) is 49.5 Å². The molecule has 4 heteroatoms. The standard InChI is InChI=1S/C58H40N4/c1-58(2)48-22-12-9-19-44(48)45-34-33-42(35-49(45)58)52-36-51(39-15-5-3-6-16-39)60-57(61-52)41-31-27-38(28-32-41)37-25-29-40(30-26-37)55-56-54(46-20-10-13-23-50(46)59-55)47-21-11-14-24-53(47)62(56)43-17-7-4-8-18-43/h3-36H,1-2H3. The van der Waals surface area contributed by atoms with Gasteiger partial charge in [-0.05, 0) is 69.8 Å². The molecule has 11 aromatic rings. The lowest BCUT2D eigenvalue weighted by Gasteiger charge is -2.22. The highest BCUT2D eigenvalue weighted by atomic mass is 15.0. The van der Waals surface area contributed by atoms with Crippen molar-refractivity contribution in [2.75, 3.05) is 0 Å². The zero-order chi connectivity index (χ0) is 41.4. The topological polar surface area (TPSA) is 43.6 Å². The van der Waals surface area contributed by atoms with Gasteiger partial charge in [-0.2, -0.15) is 0 Å². The number of rotatable bonds is 6. The normalized spacial score (nSPS) is 12.8. The van der Waals surface area contributed by atoms with E-state index in [2.05, 4.69) is 219 Å². The molecule has 62 heavy (non-hydrogen) atoms. The Bertz CT molecular complexity index is 3510. The number of hydrogen-bond donors (Lipinski definition) is 0. The molecule has 1 aliphatic carbocycles. The van der Waals surface area contributed by atoms with Crippen LogP contribution >= 0.6 is 0 Å². The SMILES string of the molecule is CC1(C)c2ccccc2-c2ccc(-c3cc(-c4ccccc4)nc(-c4ccc(-c5ccc(-c6nc7ccccc7c7c8ccccc8n(-c8ccccc8)c67)cc5)cc4)n3)cc21. The van der Waals surface area contributed by atoms with Crippen LogP contribution in [0.3, 0.4) is 0 Å². The summed E-state index contributed by atoms with van der Waals surface area (Å²) in [7, 11) is 0. The summed E-state index contributed by atoms with van der Waals surface area (Å²) in [6.45, 7) is 4.64. The van der Waals surface area contributed by atoms with Crippen molar-refractivity contribution in [2.45, 2.75) is 19.3 Å². The molecule has 0 fully saturated rings. The molecule has 0 unspecified atom stereocenters. The monoisotopic (exact) mass is 792 g/mol. The van der Waals surface area contributed by atoms with Gasteiger partial charge < -0.3 is 4.57 Å². The van der Waals surface area contributed by atoms with Crippen LogP contribution < -0.4 is 0 Å². The Balaban J connectivity index is 0.927. The summed E-state index contributed by atoms with van der Waals surface area (Å²) < 4.78 is 2.37.